The van der Waals surface area contributed by atoms with Gasteiger partial charge in [-0.3, -0.25) is 9.36 Å². The molecule has 0 unspecified atom stereocenters. The highest BCUT2D eigenvalue weighted by Gasteiger charge is 2.62. The SMILES string of the molecule is Cn1c2nc(=O)n(C)c(=O)c-2cc2c1C[C@@H]1CC[C@H]3[C@@H]4[C@H](O)C[C@H](O)[C@@]4(C)CC[C@@H]3[C@@]1(C)C2. The quantitative estimate of drug-likeness (QED) is 0.635. The average molecular weight is 454 g/mol. The summed E-state index contributed by atoms with van der Waals surface area (Å²) in [5, 5.41) is 21.7. The maximum atomic E-state index is 12.9. The van der Waals surface area contributed by atoms with Crippen molar-refractivity contribution in [2.75, 3.05) is 0 Å². The lowest BCUT2D eigenvalue weighted by Crippen LogP contribution is -2.56. The Morgan fingerprint density at radius 3 is 2.58 bits per heavy atom. The minimum atomic E-state index is -0.508. The Balaban J connectivity index is 1.44. The van der Waals surface area contributed by atoms with Gasteiger partial charge in [-0.2, -0.15) is 4.98 Å². The molecular weight excluding hydrogens is 418 g/mol. The smallest absolute Gasteiger partial charge is 0.352 e. The van der Waals surface area contributed by atoms with Crippen LogP contribution in [0.2, 0.25) is 0 Å². The van der Waals surface area contributed by atoms with E-state index < -0.39 is 17.9 Å². The Bertz CT molecular complexity index is 1230. The molecule has 0 spiro atoms. The second-order valence-electron chi connectivity index (χ2n) is 12.0. The van der Waals surface area contributed by atoms with Crippen LogP contribution in [0.4, 0.5) is 0 Å². The van der Waals surface area contributed by atoms with Crippen molar-refractivity contribution in [3.8, 4) is 11.4 Å². The highest BCUT2D eigenvalue weighted by Crippen LogP contribution is 2.65. The molecule has 0 aromatic heterocycles. The molecule has 7 heteroatoms. The minimum absolute atomic E-state index is 0.0995. The fourth-order valence-corrected chi connectivity index (χ4v) is 8.82. The Labute approximate surface area is 193 Å². The number of hydrogen-bond acceptors (Lipinski definition) is 5. The maximum Gasteiger partial charge on any atom is 0.352 e. The number of rotatable bonds is 0. The second kappa shape index (κ2) is 6.79. The van der Waals surface area contributed by atoms with Crippen LogP contribution < -0.4 is 11.2 Å². The van der Waals surface area contributed by atoms with E-state index in [4.69, 9.17) is 0 Å². The number of nitrogens with zero attached hydrogens (tertiary/aromatic N) is 3. The molecule has 33 heavy (non-hydrogen) atoms. The second-order valence-corrected chi connectivity index (χ2v) is 12.0. The molecule has 4 aliphatic carbocycles. The molecule has 2 aliphatic heterocycles. The van der Waals surface area contributed by atoms with Gasteiger partial charge in [0, 0.05) is 26.2 Å². The van der Waals surface area contributed by atoms with E-state index in [1.54, 1.807) is 0 Å². The van der Waals surface area contributed by atoms with Gasteiger partial charge in [0.15, 0.2) is 5.82 Å². The van der Waals surface area contributed by atoms with Crippen LogP contribution in [0.15, 0.2) is 15.7 Å². The van der Waals surface area contributed by atoms with Crippen LogP contribution in [-0.2, 0) is 26.9 Å². The van der Waals surface area contributed by atoms with E-state index in [1.807, 2.05) is 17.7 Å². The van der Waals surface area contributed by atoms with Crippen LogP contribution in [0.5, 0.6) is 0 Å². The van der Waals surface area contributed by atoms with Gasteiger partial charge in [-0.25, -0.2) is 4.79 Å². The summed E-state index contributed by atoms with van der Waals surface area (Å²) in [5.74, 6) is 2.13. The van der Waals surface area contributed by atoms with Crippen LogP contribution in [0.3, 0.4) is 0 Å². The van der Waals surface area contributed by atoms with Crippen LogP contribution >= 0.6 is 0 Å². The molecule has 0 amide bonds. The summed E-state index contributed by atoms with van der Waals surface area (Å²) in [7, 11) is 3.42. The number of aliphatic hydroxyl groups is 2. The molecule has 2 heterocycles. The highest BCUT2D eigenvalue weighted by molar-refractivity contribution is 5.58. The first-order valence-corrected chi connectivity index (χ1v) is 12.5. The minimum Gasteiger partial charge on any atom is -0.393 e. The van der Waals surface area contributed by atoms with Crippen molar-refractivity contribution < 1.29 is 10.2 Å². The summed E-state index contributed by atoms with van der Waals surface area (Å²) in [6.45, 7) is 4.62. The van der Waals surface area contributed by atoms with E-state index in [9.17, 15) is 19.8 Å². The number of aromatic nitrogens is 3. The first-order chi connectivity index (χ1) is 15.6. The van der Waals surface area contributed by atoms with E-state index >= 15 is 0 Å². The van der Waals surface area contributed by atoms with Gasteiger partial charge in [0.05, 0.1) is 17.8 Å². The maximum absolute atomic E-state index is 12.9. The fourth-order valence-electron chi connectivity index (χ4n) is 8.82. The highest BCUT2D eigenvalue weighted by atomic mass is 16.3. The lowest BCUT2D eigenvalue weighted by molar-refractivity contribution is -0.127. The van der Waals surface area contributed by atoms with Crippen LogP contribution in [-0.4, -0.2) is 36.5 Å². The molecule has 2 N–H and O–H groups in total. The summed E-state index contributed by atoms with van der Waals surface area (Å²) in [4.78, 5) is 29.2. The van der Waals surface area contributed by atoms with Crippen molar-refractivity contribution in [1.29, 1.82) is 0 Å². The number of fused-ring (bicyclic) bond motifs is 7. The molecule has 0 saturated heterocycles. The van der Waals surface area contributed by atoms with Gasteiger partial charge in [0.2, 0.25) is 0 Å². The summed E-state index contributed by atoms with van der Waals surface area (Å²) in [6, 6.07) is 1.99. The van der Waals surface area contributed by atoms with Crippen LogP contribution in [0, 0.1) is 34.5 Å². The zero-order chi connectivity index (χ0) is 23.4. The van der Waals surface area contributed by atoms with Crippen molar-refractivity contribution in [3.63, 3.8) is 0 Å². The lowest BCUT2D eigenvalue weighted by atomic mass is 9.45. The third-order valence-corrected chi connectivity index (χ3v) is 10.7. The molecule has 178 valence electrons. The zero-order valence-corrected chi connectivity index (χ0v) is 20.0. The van der Waals surface area contributed by atoms with Gasteiger partial charge in [-0.05, 0) is 84.7 Å². The molecule has 7 nitrogen and oxygen atoms in total. The molecular formula is C26H35N3O4. The van der Waals surface area contributed by atoms with E-state index in [0.29, 0.717) is 35.6 Å². The molecule has 6 rings (SSSR count). The molecule has 0 aromatic rings. The first kappa shape index (κ1) is 21.5. The molecule has 3 fully saturated rings. The molecule has 0 aromatic carbocycles. The average Bonchev–Trinajstić information content (AvgIpc) is 3.00. The number of aliphatic hydroxyl groups excluding tert-OH is 2. The summed E-state index contributed by atoms with van der Waals surface area (Å²) in [5.41, 5.74) is 2.04. The Morgan fingerprint density at radius 2 is 1.82 bits per heavy atom. The topological polar surface area (TPSA) is 97.4 Å². The normalized spacial score (nSPS) is 41.9. The first-order valence-electron chi connectivity index (χ1n) is 12.5. The Hall–Kier alpha value is -1.99. The van der Waals surface area contributed by atoms with Gasteiger partial charge in [0.25, 0.3) is 5.56 Å². The summed E-state index contributed by atoms with van der Waals surface area (Å²) >= 11 is 0. The Kier molecular flexibility index (Phi) is 4.43. The lowest BCUT2D eigenvalue weighted by Gasteiger charge is -2.60. The van der Waals surface area contributed by atoms with Crippen molar-refractivity contribution in [2.45, 2.75) is 71.0 Å². The van der Waals surface area contributed by atoms with E-state index in [0.717, 1.165) is 43.1 Å². The number of hydrogen-bond donors (Lipinski definition) is 2. The summed E-state index contributed by atoms with van der Waals surface area (Å²) < 4.78 is 3.07. The molecule has 6 aliphatic rings. The Morgan fingerprint density at radius 1 is 1.06 bits per heavy atom. The molecule has 0 bridgehead atoms. The van der Waals surface area contributed by atoms with Gasteiger partial charge < -0.3 is 14.8 Å². The van der Waals surface area contributed by atoms with Crippen LogP contribution in [0.1, 0.15) is 57.2 Å². The molecule has 3 saturated carbocycles. The van der Waals surface area contributed by atoms with E-state index in [2.05, 4.69) is 18.8 Å². The van der Waals surface area contributed by atoms with Gasteiger partial charge in [0.1, 0.15) is 0 Å². The van der Waals surface area contributed by atoms with Crippen molar-refractivity contribution in [1.82, 2.24) is 14.1 Å². The summed E-state index contributed by atoms with van der Waals surface area (Å²) in [6.07, 6.45) is 5.80. The van der Waals surface area contributed by atoms with Gasteiger partial charge in [-0.1, -0.05) is 13.8 Å². The van der Waals surface area contributed by atoms with E-state index in [-0.39, 0.29) is 22.3 Å². The third-order valence-electron chi connectivity index (χ3n) is 10.7. The van der Waals surface area contributed by atoms with Crippen LogP contribution in [0.25, 0.3) is 11.4 Å². The fraction of sp³-hybridized carbons (Fsp3) is 0.731. The monoisotopic (exact) mass is 453 g/mol. The molecule has 0 radical (unpaired) electrons. The van der Waals surface area contributed by atoms with Crippen molar-refractivity contribution >= 4 is 0 Å². The van der Waals surface area contributed by atoms with Gasteiger partial charge in [-0.15, -0.1) is 0 Å². The van der Waals surface area contributed by atoms with Crippen molar-refractivity contribution in [3.05, 3.63) is 38.2 Å². The largest absolute Gasteiger partial charge is 0.393 e. The third kappa shape index (κ3) is 2.66. The van der Waals surface area contributed by atoms with Gasteiger partial charge >= 0.3 is 5.69 Å². The predicted molar refractivity (Wildman–Crippen MR) is 124 cm³/mol. The zero-order valence-electron chi connectivity index (χ0n) is 20.0. The van der Waals surface area contributed by atoms with E-state index in [1.165, 1.54) is 18.3 Å². The number of pyridine rings is 1. The standard InChI is InChI=1S/C26H35N3O4/c1-25-8-7-17-15(21(25)19(30)11-20(25)31)6-5-14-10-18-13(12-26(14,17)2)9-16-22(28(18)3)27-24(33)29(4)23(16)32/h9,14-15,17,19-21,30-31H,5-8,10-12H2,1-4H3/t14-,15+,17-,19+,20-,21+,25+,26-/m0/s1. The molecule has 8 atom stereocenters. The predicted octanol–water partition coefficient (Wildman–Crippen LogP) is 1.87. The van der Waals surface area contributed by atoms with Crippen molar-refractivity contribution in [2.24, 2.45) is 48.6 Å².